The van der Waals surface area contributed by atoms with Gasteiger partial charge in [0, 0.05) is 25.3 Å². The van der Waals surface area contributed by atoms with E-state index in [0.29, 0.717) is 17.9 Å². The van der Waals surface area contributed by atoms with E-state index in [1.165, 1.54) is 23.2 Å². The summed E-state index contributed by atoms with van der Waals surface area (Å²) in [6.45, 7) is 0.599. The van der Waals surface area contributed by atoms with E-state index >= 15 is 0 Å². The van der Waals surface area contributed by atoms with Gasteiger partial charge in [-0.3, -0.25) is 25.1 Å². The quantitative estimate of drug-likeness (QED) is 0.588. The Labute approximate surface area is 178 Å². The van der Waals surface area contributed by atoms with Crippen LogP contribution in [0.1, 0.15) is 12.8 Å². The molecule has 158 valence electrons. The van der Waals surface area contributed by atoms with E-state index in [9.17, 15) is 14.0 Å². The molecule has 8 nitrogen and oxygen atoms in total. The fraction of sp³-hybridized carbons (Fsp3) is 0.182. The summed E-state index contributed by atoms with van der Waals surface area (Å²) in [5, 5.41) is 15.4. The summed E-state index contributed by atoms with van der Waals surface area (Å²) in [5.41, 5.74) is 0.808. The molecule has 1 saturated heterocycles. The molecular formula is C22H20FN5O3. The number of aliphatic imine (C=N–C) groups is 2. The molecule has 0 aromatic heterocycles. The Bertz CT molecular complexity index is 1070. The van der Waals surface area contributed by atoms with Gasteiger partial charge in [-0.2, -0.15) is 0 Å². The van der Waals surface area contributed by atoms with Gasteiger partial charge in [0.1, 0.15) is 12.3 Å². The van der Waals surface area contributed by atoms with Gasteiger partial charge in [0.05, 0.1) is 29.3 Å². The lowest BCUT2D eigenvalue weighted by Gasteiger charge is -2.12. The van der Waals surface area contributed by atoms with Crippen molar-refractivity contribution in [3.63, 3.8) is 0 Å². The molecule has 2 aromatic carbocycles. The normalized spacial score (nSPS) is 14.0. The average Bonchev–Trinajstić information content (AvgIpc) is 3.20. The van der Waals surface area contributed by atoms with Crippen LogP contribution in [-0.2, 0) is 9.53 Å². The number of hydrogen-bond donors (Lipinski definition) is 2. The van der Waals surface area contributed by atoms with Gasteiger partial charge in [0.25, 0.3) is 0 Å². The van der Waals surface area contributed by atoms with E-state index in [-0.39, 0.29) is 36.6 Å². The largest absolute Gasteiger partial charge is 0.447 e. The zero-order valence-corrected chi connectivity index (χ0v) is 16.5. The second kappa shape index (κ2) is 10.1. The third-order valence-electron chi connectivity index (χ3n) is 4.39. The molecule has 1 fully saturated rings. The summed E-state index contributed by atoms with van der Waals surface area (Å²) >= 11 is 0. The predicted octanol–water partition coefficient (Wildman–Crippen LogP) is 4.28. The molecular weight excluding hydrogens is 401 g/mol. The van der Waals surface area contributed by atoms with E-state index < -0.39 is 17.7 Å². The minimum atomic E-state index is -0.647. The minimum Gasteiger partial charge on any atom is -0.447 e. The van der Waals surface area contributed by atoms with Crippen LogP contribution in [0.3, 0.4) is 0 Å². The third kappa shape index (κ3) is 5.53. The second-order valence-electron chi connectivity index (χ2n) is 6.52. The van der Waals surface area contributed by atoms with E-state index in [4.69, 9.17) is 15.6 Å². The number of hydrogen-bond acceptors (Lipinski definition) is 7. The lowest BCUT2D eigenvalue weighted by atomic mass is 10.1. The highest BCUT2D eigenvalue weighted by Crippen LogP contribution is 2.25. The topological polar surface area (TPSA) is 119 Å². The van der Waals surface area contributed by atoms with Gasteiger partial charge in [-0.15, -0.1) is 0 Å². The van der Waals surface area contributed by atoms with Gasteiger partial charge in [-0.25, -0.2) is 9.18 Å². The van der Waals surface area contributed by atoms with E-state index in [1.54, 1.807) is 30.3 Å². The van der Waals surface area contributed by atoms with Crippen molar-refractivity contribution in [2.75, 3.05) is 18.1 Å². The number of Topliss-reactive ketones (excluding diaryl/α,β-unsaturated/α-hetero) is 1. The number of ether oxygens (including phenoxy) is 1. The number of carbonyl (C=O) groups is 2. The van der Waals surface area contributed by atoms with Crippen LogP contribution in [-0.4, -0.2) is 48.9 Å². The van der Waals surface area contributed by atoms with Gasteiger partial charge >= 0.3 is 6.09 Å². The molecule has 1 amide bonds. The number of ketones is 1. The van der Waals surface area contributed by atoms with E-state index in [2.05, 4.69) is 9.98 Å². The number of para-hydroxylation sites is 1. The van der Waals surface area contributed by atoms with Gasteiger partial charge in [0.2, 0.25) is 0 Å². The maximum atomic E-state index is 14.3. The highest BCUT2D eigenvalue weighted by atomic mass is 19.1. The summed E-state index contributed by atoms with van der Waals surface area (Å²) in [5.74, 6) is -1.19. The number of halogens is 1. The Kier molecular flexibility index (Phi) is 7.10. The SMILES string of the molecule is N=CCC(=Nc1ccccc1)C(=N)C(=O)CC=Nc1ccc(N2CCOC2=O)cc1F. The lowest BCUT2D eigenvalue weighted by molar-refractivity contribution is -0.111. The molecule has 0 aliphatic carbocycles. The molecule has 9 heteroatoms. The molecule has 0 spiro atoms. The Morgan fingerprint density at radius 1 is 1.19 bits per heavy atom. The van der Waals surface area contributed by atoms with Crippen molar-refractivity contribution in [2.45, 2.75) is 12.8 Å². The van der Waals surface area contributed by atoms with Crippen LogP contribution < -0.4 is 4.90 Å². The molecule has 2 aromatic rings. The van der Waals surface area contributed by atoms with Crippen LogP contribution in [0.4, 0.5) is 26.2 Å². The summed E-state index contributed by atoms with van der Waals surface area (Å²) in [6, 6.07) is 13.0. The molecule has 3 rings (SSSR count). The Hall–Kier alpha value is -4.01. The van der Waals surface area contributed by atoms with E-state index in [0.717, 1.165) is 6.21 Å². The number of cyclic esters (lactones) is 1. The summed E-state index contributed by atoms with van der Waals surface area (Å²) in [6.07, 6.45) is 1.60. The van der Waals surface area contributed by atoms with Crippen molar-refractivity contribution >= 4 is 52.8 Å². The summed E-state index contributed by atoms with van der Waals surface area (Å²) in [7, 11) is 0. The van der Waals surface area contributed by atoms with Crippen LogP contribution in [0.5, 0.6) is 0 Å². The first-order valence-electron chi connectivity index (χ1n) is 9.49. The van der Waals surface area contributed by atoms with Crippen LogP contribution in [0.25, 0.3) is 0 Å². The average molecular weight is 421 g/mol. The number of anilines is 1. The fourth-order valence-corrected chi connectivity index (χ4v) is 2.84. The highest BCUT2D eigenvalue weighted by Gasteiger charge is 2.24. The van der Waals surface area contributed by atoms with Crippen LogP contribution in [0, 0.1) is 16.6 Å². The van der Waals surface area contributed by atoms with Crippen molar-refractivity contribution in [2.24, 2.45) is 9.98 Å². The number of rotatable bonds is 9. The van der Waals surface area contributed by atoms with Gasteiger partial charge in [-0.05, 0) is 30.3 Å². The molecule has 0 bridgehead atoms. The zero-order valence-electron chi connectivity index (χ0n) is 16.5. The minimum absolute atomic E-state index is 0.00770. The summed E-state index contributed by atoms with van der Waals surface area (Å²) in [4.78, 5) is 33.5. The molecule has 0 radical (unpaired) electrons. The standard InChI is InChI=1S/C22H20FN5O3/c23-17-14-16(28-12-13-31-22(28)30)6-7-18(17)26-11-9-20(29)21(25)19(8-10-24)27-15-4-2-1-3-5-15/h1-7,10-11,14,24-25H,8-9,12-13H2. The Morgan fingerprint density at radius 2 is 1.97 bits per heavy atom. The molecule has 1 aliphatic heterocycles. The monoisotopic (exact) mass is 421 g/mol. The predicted molar refractivity (Wildman–Crippen MR) is 118 cm³/mol. The van der Waals surface area contributed by atoms with Crippen molar-refractivity contribution in [1.29, 1.82) is 10.8 Å². The van der Waals surface area contributed by atoms with Gasteiger partial charge in [-0.1, -0.05) is 18.2 Å². The Morgan fingerprint density at radius 3 is 2.61 bits per heavy atom. The maximum absolute atomic E-state index is 14.3. The lowest BCUT2D eigenvalue weighted by Crippen LogP contribution is -2.23. The number of nitrogens with one attached hydrogen (secondary N) is 2. The van der Waals surface area contributed by atoms with Crippen molar-refractivity contribution in [3.8, 4) is 0 Å². The van der Waals surface area contributed by atoms with Crippen LogP contribution in [0.2, 0.25) is 0 Å². The first kappa shape index (κ1) is 21.7. The third-order valence-corrected chi connectivity index (χ3v) is 4.39. The number of benzene rings is 2. The van der Waals surface area contributed by atoms with E-state index in [1.807, 2.05) is 6.07 Å². The number of carbonyl (C=O) groups excluding carboxylic acids is 2. The molecule has 0 saturated carbocycles. The summed E-state index contributed by atoms with van der Waals surface area (Å²) < 4.78 is 19.2. The van der Waals surface area contributed by atoms with Crippen LogP contribution >= 0.6 is 0 Å². The van der Waals surface area contributed by atoms with Crippen molar-refractivity contribution in [1.82, 2.24) is 0 Å². The fourth-order valence-electron chi connectivity index (χ4n) is 2.84. The molecule has 1 heterocycles. The van der Waals surface area contributed by atoms with Gasteiger partial charge in [0.15, 0.2) is 11.6 Å². The highest BCUT2D eigenvalue weighted by molar-refractivity contribution is 6.68. The molecule has 0 unspecified atom stereocenters. The number of amides is 1. The first-order chi connectivity index (χ1) is 15.0. The first-order valence-corrected chi connectivity index (χ1v) is 9.49. The van der Waals surface area contributed by atoms with Crippen molar-refractivity contribution in [3.05, 3.63) is 54.3 Å². The Balaban J connectivity index is 1.66. The maximum Gasteiger partial charge on any atom is 0.414 e. The molecule has 2 N–H and O–H groups in total. The van der Waals surface area contributed by atoms with Gasteiger partial charge < -0.3 is 10.1 Å². The smallest absolute Gasteiger partial charge is 0.414 e. The second-order valence-corrected chi connectivity index (χ2v) is 6.52. The molecule has 31 heavy (non-hydrogen) atoms. The molecule has 1 aliphatic rings. The molecule has 0 atom stereocenters. The van der Waals surface area contributed by atoms with Crippen LogP contribution in [0.15, 0.2) is 58.5 Å². The zero-order chi connectivity index (χ0) is 22.2. The van der Waals surface area contributed by atoms with Crippen molar-refractivity contribution < 1.29 is 18.7 Å². The number of nitrogens with zero attached hydrogens (tertiary/aromatic N) is 3.